The molecular formula is C21H26N4O3S2. The highest BCUT2D eigenvalue weighted by Gasteiger charge is 2.17. The first-order valence-electron chi connectivity index (χ1n) is 9.43. The van der Waals surface area contributed by atoms with Gasteiger partial charge in [-0.25, -0.2) is 14.2 Å². The molecule has 0 bridgehead atoms. The molecule has 1 unspecified atom stereocenters. The molecule has 0 spiro atoms. The van der Waals surface area contributed by atoms with Crippen LogP contribution in [0.5, 0.6) is 11.6 Å². The molecule has 0 saturated carbocycles. The van der Waals surface area contributed by atoms with Crippen molar-refractivity contribution in [3.05, 3.63) is 41.7 Å². The Labute approximate surface area is 183 Å². The van der Waals surface area contributed by atoms with Gasteiger partial charge in [-0.1, -0.05) is 11.3 Å². The maximum atomic E-state index is 13.1. The number of aromatic nitrogens is 2. The van der Waals surface area contributed by atoms with Crippen molar-refractivity contribution in [2.45, 2.75) is 38.6 Å². The van der Waals surface area contributed by atoms with Gasteiger partial charge in [0.05, 0.1) is 36.7 Å². The monoisotopic (exact) mass is 446 g/mol. The Kier molecular flexibility index (Phi) is 6.94. The number of thiazole rings is 1. The van der Waals surface area contributed by atoms with Crippen LogP contribution < -0.4 is 19.5 Å². The first kappa shape index (κ1) is 22.0. The van der Waals surface area contributed by atoms with Gasteiger partial charge >= 0.3 is 0 Å². The zero-order valence-electron chi connectivity index (χ0n) is 17.9. The summed E-state index contributed by atoms with van der Waals surface area (Å²) in [6.45, 7) is 8.01. The van der Waals surface area contributed by atoms with Crippen LogP contribution >= 0.6 is 11.3 Å². The van der Waals surface area contributed by atoms with Crippen LogP contribution in [0.25, 0.3) is 10.4 Å². The molecule has 0 saturated heterocycles. The van der Waals surface area contributed by atoms with E-state index in [1.807, 2.05) is 38.1 Å². The van der Waals surface area contributed by atoms with Crippen molar-refractivity contribution in [3.8, 4) is 22.1 Å². The highest BCUT2D eigenvalue weighted by Crippen LogP contribution is 2.36. The smallest absolute Gasteiger partial charge is 0.216 e. The van der Waals surface area contributed by atoms with Gasteiger partial charge in [0, 0.05) is 11.6 Å². The first-order valence-corrected chi connectivity index (χ1v) is 11.4. The summed E-state index contributed by atoms with van der Waals surface area (Å²) in [7, 11) is 1.59. The molecular weight excluding hydrogens is 420 g/mol. The van der Waals surface area contributed by atoms with Crippen LogP contribution in [0.3, 0.4) is 0 Å². The van der Waals surface area contributed by atoms with Gasteiger partial charge < -0.3 is 14.8 Å². The van der Waals surface area contributed by atoms with E-state index in [1.165, 1.54) is 0 Å². The second kappa shape index (κ2) is 9.44. The third-order valence-corrected chi connectivity index (χ3v) is 6.55. The fourth-order valence-electron chi connectivity index (χ4n) is 2.93. The number of nitrogens with zero attached hydrogens (tertiary/aromatic N) is 2. The fourth-order valence-corrected chi connectivity index (χ4v) is 5.04. The van der Waals surface area contributed by atoms with Crippen molar-refractivity contribution in [1.29, 1.82) is 0 Å². The first-order chi connectivity index (χ1) is 14.3. The van der Waals surface area contributed by atoms with Gasteiger partial charge in [-0.05, 0) is 57.5 Å². The fraction of sp³-hybridized carbons (Fsp3) is 0.333. The van der Waals surface area contributed by atoms with Crippen molar-refractivity contribution in [2.24, 2.45) is 0 Å². The number of anilines is 2. The van der Waals surface area contributed by atoms with Crippen molar-refractivity contribution in [1.82, 2.24) is 9.97 Å². The van der Waals surface area contributed by atoms with Crippen LogP contribution in [0.4, 0.5) is 10.8 Å². The van der Waals surface area contributed by atoms with Crippen molar-refractivity contribution >= 4 is 33.1 Å². The van der Waals surface area contributed by atoms with Gasteiger partial charge in [0.1, 0.15) is 10.6 Å². The number of hydrogen-bond donors (Lipinski definition) is 2. The number of pyridine rings is 1. The number of ether oxygens (including phenoxy) is 2. The molecule has 0 radical (unpaired) electrons. The summed E-state index contributed by atoms with van der Waals surface area (Å²) in [6.07, 6.45) is 1.59. The molecule has 9 heteroatoms. The Morgan fingerprint density at radius 3 is 2.53 bits per heavy atom. The summed E-state index contributed by atoms with van der Waals surface area (Å²) in [5.41, 5.74) is 3.35. The molecule has 3 rings (SSSR count). The van der Waals surface area contributed by atoms with Gasteiger partial charge in [0.2, 0.25) is 5.88 Å². The lowest BCUT2D eigenvalue weighted by Crippen LogP contribution is -2.08. The van der Waals surface area contributed by atoms with E-state index < -0.39 is 11.0 Å². The number of hydrogen-bond acceptors (Lipinski definition) is 7. The molecule has 30 heavy (non-hydrogen) atoms. The molecule has 1 aromatic carbocycles. The molecule has 2 aromatic heterocycles. The molecule has 0 aliphatic rings. The molecule has 160 valence electrons. The minimum absolute atomic E-state index is 0.299. The van der Waals surface area contributed by atoms with Gasteiger partial charge in [-0.3, -0.25) is 4.72 Å². The van der Waals surface area contributed by atoms with Gasteiger partial charge in [-0.15, -0.1) is 0 Å². The zero-order valence-corrected chi connectivity index (χ0v) is 19.5. The summed E-state index contributed by atoms with van der Waals surface area (Å²) >= 11 is 1.58. The third kappa shape index (κ3) is 4.91. The topological polar surface area (TPSA) is 85.4 Å². The van der Waals surface area contributed by atoms with Crippen LogP contribution in [-0.2, 0) is 11.0 Å². The van der Waals surface area contributed by atoms with Crippen molar-refractivity contribution < 1.29 is 13.7 Å². The van der Waals surface area contributed by atoms with E-state index in [9.17, 15) is 4.21 Å². The van der Waals surface area contributed by atoms with Crippen LogP contribution in [0.15, 0.2) is 35.4 Å². The maximum absolute atomic E-state index is 13.1. The average molecular weight is 447 g/mol. The number of aryl methyl sites for hydroxylation is 2. The summed E-state index contributed by atoms with van der Waals surface area (Å²) < 4.78 is 26.7. The third-order valence-electron chi connectivity index (χ3n) is 4.27. The van der Waals surface area contributed by atoms with Gasteiger partial charge in [-0.2, -0.15) is 0 Å². The Hall–Kier alpha value is -2.65. The van der Waals surface area contributed by atoms with E-state index in [0.717, 1.165) is 26.8 Å². The minimum atomic E-state index is -1.54. The lowest BCUT2D eigenvalue weighted by atomic mass is 10.1. The molecule has 3 aromatic rings. The number of nitrogens with one attached hydrogen (secondary N) is 2. The number of methoxy groups -OCH3 is 2. The number of benzene rings is 1. The Morgan fingerprint density at radius 1 is 1.13 bits per heavy atom. The molecule has 0 aliphatic heterocycles. The van der Waals surface area contributed by atoms with E-state index in [-0.39, 0.29) is 0 Å². The average Bonchev–Trinajstić information content (AvgIpc) is 3.06. The summed E-state index contributed by atoms with van der Waals surface area (Å²) in [5, 5.41) is 4.21. The van der Waals surface area contributed by atoms with Crippen LogP contribution in [-0.4, -0.2) is 34.4 Å². The lowest BCUT2D eigenvalue weighted by Gasteiger charge is -2.12. The van der Waals surface area contributed by atoms with E-state index in [1.54, 1.807) is 31.8 Å². The summed E-state index contributed by atoms with van der Waals surface area (Å²) in [6, 6.07) is 7.81. The summed E-state index contributed by atoms with van der Waals surface area (Å²) in [5.74, 6) is 1.09. The van der Waals surface area contributed by atoms with E-state index >= 15 is 0 Å². The minimum Gasteiger partial charge on any atom is -0.495 e. The predicted molar refractivity (Wildman–Crippen MR) is 123 cm³/mol. The highest BCUT2D eigenvalue weighted by atomic mass is 32.2. The molecule has 0 fully saturated rings. The predicted octanol–water partition coefficient (Wildman–Crippen LogP) is 4.79. The van der Waals surface area contributed by atoms with Crippen LogP contribution in [0, 0.1) is 13.8 Å². The maximum Gasteiger partial charge on any atom is 0.216 e. The largest absolute Gasteiger partial charge is 0.495 e. The standard InChI is InChI=1S/C21H26N4O3S2/c1-12(2)23-21-24-14(4)19(29-21)15-7-8-17(27-5)18(10-15)30(26)25-16-9-13(3)20(28-6)22-11-16/h7-12,25H,1-6H3,(H,23,24). The molecule has 0 aliphatic carbocycles. The highest BCUT2D eigenvalue weighted by molar-refractivity contribution is 7.86. The molecule has 0 amide bonds. The van der Waals surface area contributed by atoms with Crippen LogP contribution in [0.2, 0.25) is 0 Å². The number of rotatable bonds is 8. The van der Waals surface area contributed by atoms with E-state index in [0.29, 0.717) is 28.3 Å². The van der Waals surface area contributed by atoms with Gasteiger partial charge in [0.15, 0.2) is 16.1 Å². The zero-order chi connectivity index (χ0) is 21.8. The lowest BCUT2D eigenvalue weighted by molar-refractivity contribution is 0.395. The normalized spacial score (nSPS) is 12.0. The van der Waals surface area contributed by atoms with Gasteiger partial charge in [0.25, 0.3) is 0 Å². The van der Waals surface area contributed by atoms with Crippen molar-refractivity contribution in [2.75, 3.05) is 24.3 Å². The summed E-state index contributed by atoms with van der Waals surface area (Å²) in [4.78, 5) is 10.4. The van der Waals surface area contributed by atoms with Crippen molar-refractivity contribution in [3.63, 3.8) is 0 Å². The Bertz CT molecular complexity index is 1070. The quantitative estimate of drug-likeness (QED) is 0.517. The Balaban J connectivity index is 1.92. The molecule has 2 heterocycles. The van der Waals surface area contributed by atoms with Crippen LogP contribution in [0.1, 0.15) is 25.1 Å². The molecule has 2 N–H and O–H groups in total. The SMILES string of the molecule is COc1ccc(-c2sc(NC(C)C)nc2C)cc1S(=O)Nc1cnc(OC)c(C)c1. The molecule has 1 atom stereocenters. The Morgan fingerprint density at radius 2 is 1.90 bits per heavy atom. The van der Waals surface area contributed by atoms with E-state index in [4.69, 9.17) is 9.47 Å². The second-order valence-corrected chi connectivity index (χ2v) is 9.20. The molecule has 7 nitrogen and oxygen atoms in total. The van der Waals surface area contributed by atoms with E-state index in [2.05, 4.69) is 33.9 Å². The second-order valence-electron chi connectivity index (χ2n) is 7.02.